The number of hydrogen-bond acceptors (Lipinski definition) is 4. The molecule has 1 aromatic carbocycles. The van der Waals surface area contributed by atoms with Crippen LogP contribution in [-0.4, -0.2) is 27.0 Å². The molecule has 2 fully saturated rings. The molecule has 2 N–H and O–H groups in total. The summed E-state index contributed by atoms with van der Waals surface area (Å²) in [5.41, 5.74) is 0.316. The highest BCUT2D eigenvalue weighted by molar-refractivity contribution is 5.90. The Kier molecular flexibility index (Phi) is 4.45. The Balaban J connectivity index is 1.61. The second-order valence-corrected chi connectivity index (χ2v) is 8.66. The number of hydrogen-bond donors (Lipinski definition) is 2. The molecule has 0 bridgehead atoms. The van der Waals surface area contributed by atoms with Gasteiger partial charge in [0.25, 0.3) is 0 Å². The Morgan fingerprint density at radius 1 is 1.14 bits per heavy atom. The number of carbonyl (C=O) groups excluding carboxylic acids is 1. The standard InChI is InChI=1S/C21H23F3N4O/c1-12-10-16(13-4-6-14(7-5-13)21(22,23)24)26-17(25-12)15-8-9-20(27-15)11-19(2,3)28-18(20)29/h4-7,10,15,27H,8-9,11H2,1-3H3,(H,28,29)/t15-,20+/m1/s1. The van der Waals surface area contributed by atoms with Gasteiger partial charge in [0.2, 0.25) is 5.91 Å². The summed E-state index contributed by atoms with van der Waals surface area (Å²) in [5, 5.41) is 6.47. The van der Waals surface area contributed by atoms with Crippen molar-refractivity contribution in [2.45, 2.75) is 63.3 Å². The molecule has 1 amide bonds. The zero-order valence-corrected chi connectivity index (χ0v) is 16.5. The molecular weight excluding hydrogens is 381 g/mol. The van der Waals surface area contributed by atoms with Crippen molar-refractivity contribution in [1.82, 2.24) is 20.6 Å². The zero-order valence-electron chi connectivity index (χ0n) is 16.5. The number of benzene rings is 1. The molecule has 2 aliphatic rings. The summed E-state index contributed by atoms with van der Waals surface area (Å²) in [5.74, 6) is 0.565. The molecule has 8 heteroatoms. The molecule has 2 saturated heterocycles. The van der Waals surface area contributed by atoms with E-state index in [9.17, 15) is 18.0 Å². The normalized spacial score (nSPS) is 26.1. The van der Waals surface area contributed by atoms with E-state index in [-0.39, 0.29) is 17.5 Å². The molecule has 2 aromatic rings. The Morgan fingerprint density at radius 2 is 1.83 bits per heavy atom. The van der Waals surface area contributed by atoms with Crippen LogP contribution in [0.1, 0.15) is 56.2 Å². The number of amides is 1. The fourth-order valence-electron chi connectivity index (χ4n) is 4.41. The Bertz CT molecular complexity index is 955. The van der Waals surface area contributed by atoms with E-state index < -0.39 is 17.3 Å². The third kappa shape index (κ3) is 3.73. The van der Waals surface area contributed by atoms with Crippen LogP contribution in [-0.2, 0) is 11.0 Å². The van der Waals surface area contributed by atoms with Crippen LogP contribution >= 0.6 is 0 Å². The van der Waals surface area contributed by atoms with Crippen LogP contribution in [0.2, 0.25) is 0 Å². The highest BCUT2D eigenvalue weighted by atomic mass is 19.4. The highest BCUT2D eigenvalue weighted by Crippen LogP contribution is 2.41. The molecule has 2 atom stereocenters. The average Bonchev–Trinajstić information content (AvgIpc) is 3.14. The molecule has 1 aromatic heterocycles. The molecule has 4 rings (SSSR count). The van der Waals surface area contributed by atoms with Gasteiger partial charge in [-0.2, -0.15) is 13.2 Å². The monoisotopic (exact) mass is 404 g/mol. The second-order valence-electron chi connectivity index (χ2n) is 8.66. The van der Waals surface area contributed by atoms with Crippen LogP contribution in [0.4, 0.5) is 13.2 Å². The molecule has 1 spiro atoms. The summed E-state index contributed by atoms with van der Waals surface area (Å²) in [6.45, 7) is 5.83. The van der Waals surface area contributed by atoms with Crippen molar-refractivity contribution < 1.29 is 18.0 Å². The minimum Gasteiger partial charge on any atom is -0.350 e. The topological polar surface area (TPSA) is 66.9 Å². The summed E-state index contributed by atoms with van der Waals surface area (Å²) in [6, 6.07) is 6.53. The number of halogens is 3. The molecule has 3 heterocycles. The first-order valence-corrected chi connectivity index (χ1v) is 9.61. The SMILES string of the molecule is Cc1cc(-c2ccc(C(F)(F)F)cc2)nc([C@H]2CC[C@@]3(CC(C)(C)NC3=O)N2)n1. The maximum Gasteiger partial charge on any atom is 0.416 e. The lowest BCUT2D eigenvalue weighted by Gasteiger charge is -2.23. The lowest BCUT2D eigenvalue weighted by atomic mass is 9.88. The number of carbonyl (C=O) groups is 1. The third-order valence-electron chi connectivity index (χ3n) is 5.63. The van der Waals surface area contributed by atoms with Crippen LogP contribution in [0, 0.1) is 6.92 Å². The van der Waals surface area contributed by atoms with E-state index >= 15 is 0 Å². The van der Waals surface area contributed by atoms with Gasteiger partial charge in [-0.05, 0) is 58.2 Å². The van der Waals surface area contributed by atoms with Crippen molar-refractivity contribution in [3.8, 4) is 11.3 Å². The van der Waals surface area contributed by atoms with E-state index in [2.05, 4.69) is 20.6 Å². The number of nitrogens with zero attached hydrogens (tertiary/aromatic N) is 2. The molecule has 0 saturated carbocycles. The fourth-order valence-corrected chi connectivity index (χ4v) is 4.41. The van der Waals surface area contributed by atoms with Crippen molar-refractivity contribution in [1.29, 1.82) is 0 Å². The van der Waals surface area contributed by atoms with Gasteiger partial charge in [-0.1, -0.05) is 12.1 Å². The van der Waals surface area contributed by atoms with Crippen molar-refractivity contribution in [2.75, 3.05) is 0 Å². The van der Waals surface area contributed by atoms with Gasteiger partial charge in [-0.15, -0.1) is 0 Å². The maximum absolute atomic E-state index is 12.8. The summed E-state index contributed by atoms with van der Waals surface area (Å²) >= 11 is 0. The van der Waals surface area contributed by atoms with Crippen molar-refractivity contribution >= 4 is 5.91 Å². The lowest BCUT2D eigenvalue weighted by Crippen LogP contribution is -2.47. The predicted octanol–water partition coefficient (Wildman–Crippen LogP) is 3.93. The van der Waals surface area contributed by atoms with E-state index in [0.29, 0.717) is 29.9 Å². The first kappa shape index (κ1) is 19.8. The molecule has 0 radical (unpaired) electrons. The Hall–Kier alpha value is -2.48. The van der Waals surface area contributed by atoms with Crippen LogP contribution < -0.4 is 10.6 Å². The van der Waals surface area contributed by atoms with E-state index in [1.165, 1.54) is 12.1 Å². The van der Waals surface area contributed by atoms with Crippen molar-refractivity contribution in [3.05, 3.63) is 47.4 Å². The molecule has 5 nitrogen and oxygen atoms in total. The van der Waals surface area contributed by atoms with Gasteiger partial charge in [0.05, 0.1) is 17.3 Å². The van der Waals surface area contributed by atoms with Crippen LogP contribution in [0.25, 0.3) is 11.3 Å². The number of aryl methyl sites for hydroxylation is 1. The quantitative estimate of drug-likeness (QED) is 0.796. The molecule has 2 aliphatic heterocycles. The van der Waals surface area contributed by atoms with Gasteiger partial charge in [0, 0.05) is 16.8 Å². The zero-order chi connectivity index (χ0) is 21.0. The summed E-state index contributed by atoms with van der Waals surface area (Å²) in [7, 11) is 0. The van der Waals surface area contributed by atoms with Crippen LogP contribution in [0.3, 0.4) is 0 Å². The van der Waals surface area contributed by atoms with Crippen molar-refractivity contribution in [3.63, 3.8) is 0 Å². The molecule has 0 aliphatic carbocycles. The maximum atomic E-state index is 12.8. The first-order valence-electron chi connectivity index (χ1n) is 9.61. The van der Waals surface area contributed by atoms with Gasteiger partial charge >= 0.3 is 6.18 Å². The summed E-state index contributed by atoms with van der Waals surface area (Å²) in [4.78, 5) is 21.7. The van der Waals surface area contributed by atoms with E-state index in [1.807, 2.05) is 20.8 Å². The van der Waals surface area contributed by atoms with E-state index in [1.54, 1.807) is 6.07 Å². The molecular formula is C21H23F3N4O. The minimum atomic E-state index is -4.37. The lowest BCUT2D eigenvalue weighted by molar-refractivity contribution is -0.137. The number of rotatable bonds is 2. The predicted molar refractivity (Wildman–Crippen MR) is 102 cm³/mol. The number of aromatic nitrogens is 2. The summed E-state index contributed by atoms with van der Waals surface area (Å²) < 4.78 is 38.5. The third-order valence-corrected chi connectivity index (χ3v) is 5.63. The molecule has 154 valence electrons. The van der Waals surface area contributed by atoms with Gasteiger partial charge in [-0.25, -0.2) is 9.97 Å². The Labute approximate surface area is 167 Å². The van der Waals surface area contributed by atoms with Crippen molar-refractivity contribution in [2.24, 2.45) is 0 Å². The molecule has 0 unspecified atom stereocenters. The average molecular weight is 404 g/mol. The fraction of sp³-hybridized carbons (Fsp3) is 0.476. The van der Waals surface area contributed by atoms with Crippen LogP contribution in [0.5, 0.6) is 0 Å². The van der Waals surface area contributed by atoms with Crippen LogP contribution in [0.15, 0.2) is 30.3 Å². The van der Waals surface area contributed by atoms with Gasteiger partial charge in [0.1, 0.15) is 11.4 Å². The second kappa shape index (κ2) is 6.52. The number of alkyl halides is 3. The highest BCUT2D eigenvalue weighted by Gasteiger charge is 2.54. The minimum absolute atomic E-state index is 0.000570. The van der Waals surface area contributed by atoms with Gasteiger partial charge in [0.15, 0.2) is 0 Å². The van der Waals surface area contributed by atoms with Gasteiger partial charge < -0.3 is 5.32 Å². The van der Waals surface area contributed by atoms with E-state index in [4.69, 9.17) is 0 Å². The Morgan fingerprint density at radius 3 is 2.41 bits per heavy atom. The first-order chi connectivity index (χ1) is 13.5. The van der Waals surface area contributed by atoms with Gasteiger partial charge in [-0.3, -0.25) is 10.1 Å². The largest absolute Gasteiger partial charge is 0.416 e. The van der Waals surface area contributed by atoms with E-state index in [0.717, 1.165) is 24.2 Å². The number of nitrogens with one attached hydrogen (secondary N) is 2. The summed E-state index contributed by atoms with van der Waals surface area (Å²) in [6.07, 6.45) is -2.27. The smallest absolute Gasteiger partial charge is 0.350 e. The molecule has 29 heavy (non-hydrogen) atoms.